The zero-order valence-electron chi connectivity index (χ0n) is 14.3. The van der Waals surface area contributed by atoms with Crippen LogP contribution in [0.15, 0.2) is 18.3 Å². The van der Waals surface area contributed by atoms with Crippen LogP contribution in [0.3, 0.4) is 0 Å². The van der Waals surface area contributed by atoms with Crippen molar-refractivity contribution in [1.82, 2.24) is 14.6 Å². The highest BCUT2D eigenvalue weighted by Gasteiger charge is 2.25. The van der Waals surface area contributed by atoms with Crippen molar-refractivity contribution >= 4 is 15.9 Å². The summed E-state index contributed by atoms with van der Waals surface area (Å²) in [6.45, 7) is -0.176. The Balaban J connectivity index is 1.75. The Labute approximate surface area is 147 Å². The lowest BCUT2D eigenvalue weighted by Crippen LogP contribution is -2.44. The zero-order chi connectivity index (χ0) is 18.4. The number of sulfonamides is 1. The number of hydrogen-bond acceptors (Lipinski definition) is 6. The molecule has 1 aromatic heterocycles. The number of nitrogens with one attached hydrogen (secondary N) is 1. The summed E-state index contributed by atoms with van der Waals surface area (Å²) in [5, 5.41) is 11.6. The highest BCUT2D eigenvalue weighted by Crippen LogP contribution is 2.23. The Morgan fingerprint density at radius 2 is 2.08 bits per heavy atom. The third-order valence-electron chi connectivity index (χ3n) is 4.12. The normalized spacial score (nSPS) is 20.7. The van der Waals surface area contributed by atoms with E-state index in [0.29, 0.717) is 11.4 Å². The van der Waals surface area contributed by atoms with Crippen molar-refractivity contribution in [3.05, 3.63) is 23.9 Å². The van der Waals surface area contributed by atoms with Crippen LogP contribution in [0.4, 0.5) is 0 Å². The predicted octanol–water partition coefficient (Wildman–Crippen LogP) is 0.651. The minimum Gasteiger partial charge on any atom is -0.474 e. The molecular formula is C16H22N4O4S. The van der Waals surface area contributed by atoms with Crippen molar-refractivity contribution in [3.8, 4) is 11.9 Å². The Kier molecular flexibility index (Phi) is 6.33. The van der Waals surface area contributed by atoms with Crippen LogP contribution in [0.25, 0.3) is 0 Å². The van der Waals surface area contributed by atoms with E-state index in [1.54, 1.807) is 12.1 Å². The molecule has 1 saturated carbocycles. The fourth-order valence-corrected chi connectivity index (χ4v) is 2.96. The third kappa shape index (κ3) is 5.99. The minimum atomic E-state index is -3.36. The monoisotopic (exact) mass is 366 g/mol. The van der Waals surface area contributed by atoms with Gasteiger partial charge in [-0.15, -0.1) is 0 Å². The molecule has 0 aromatic carbocycles. The smallest absolute Gasteiger partial charge is 0.235 e. The largest absolute Gasteiger partial charge is 0.474 e. The third-order valence-corrected chi connectivity index (χ3v) is 5.39. The fraction of sp³-hybridized carbons (Fsp3) is 0.562. The van der Waals surface area contributed by atoms with Gasteiger partial charge in [0.05, 0.1) is 18.4 Å². The maximum absolute atomic E-state index is 11.9. The first-order chi connectivity index (χ1) is 11.8. The van der Waals surface area contributed by atoms with E-state index in [1.165, 1.54) is 13.2 Å². The molecule has 0 spiro atoms. The first-order valence-corrected chi connectivity index (χ1v) is 9.86. The second kappa shape index (κ2) is 8.27. The van der Waals surface area contributed by atoms with Crippen molar-refractivity contribution in [3.63, 3.8) is 0 Å². The minimum absolute atomic E-state index is 0.0206. The molecule has 0 aliphatic heterocycles. The summed E-state index contributed by atoms with van der Waals surface area (Å²) in [4.78, 5) is 16.0. The molecule has 25 heavy (non-hydrogen) atoms. The van der Waals surface area contributed by atoms with E-state index >= 15 is 0 Å². The molecule has 2 rings (SSSR count). The molecule has 0 atom stereocenters. The Bertz CT molecular complexity index is 734. The highest BCUT2D eigenvalue weighted by molar-refractivity contribution is 7.88. The Morgan fingerprint density at radius 1 is 1.40 bits per heavy atom. The van der Waals surface area contributed by atoms with Gasteiger partial charge in [0, 0.05) is 25.4 Å². The topological polar surface area (TPSA) is 112 Å². The Morgan fingerprint density at radius 3 is 2.60 bits per heavy atom. The first-order valence-electron chi connectivity index (χ1n) is 8.01. The molecule has 8 nitrogen and oxygen atoms in total. The molecule has 1 fully saturated rings. The molecule has 1 heterocycles. The van der Waals surface area contributed by atoms with Crippen molar-refractivity contribution in [2.45, 2.75) is 37.8 Å². The van der Waals surface area contributed by atoms with E-state index in [2.05, 4.69) is 10.3 Å². The molecule has 0 radical (unpaired) electrons. The highest BCUT2D eigenvalue weighted by atomic mass is 32.2. The number of amides is 1. The van der Waals surface area contributed by atoms with Crippen molar-refractivity contribution in [2.75, 3.05) is 19.8 Å². The average Bonchev–Trinajstić information content (AvgIpc) is 2.56. The second-order valence-electron chi connectivity index (χ2n) is 6.17. The van der Waals surface area contributed by atoms with Gasteiger partial charge in [-0.1, -0.05) is 0 Å². The summed E-state index contributed by atoms with van der Waals surface area (Å²) in [7, 11) is -1.98. The number of hydrogen-bond donors (Lipinski definition) is 1. The van der Waals surface area contributed by atoms with Gasteiger partial charge >= 0.3 is 0 Å². The van der Waals surface area contributed by atoms with Gasteiger partial charge in [-0.05, 0) is 31.7 Å². The van der Waals surface area contributed by atoms with E-state index in [1.807, 2.05) is 6.07 Å². The molecule has 0 saturated heterocycles. The number of nitriles is 1. The average molecular weight is 366 g/mol. The van der Waals surface area contributed by atoms with Gasteiger partial charge in [-0.25, -0.2) is 13.4 Å². The Hall–Kier alpha value is -2.18. The van der Waals surface area contributed by atoms with Crippen LogP contribution in [0, 0.1) is 11.3 Å². The maximum Gasteiger partial charge on any atom is 0.235 e. The summed E-state index contributed by atoms with van der Waals surface area (Å²) >= 11 is 0. The summed E-state index contributed by atoms with van der Waals surface area (Å²) in [5.41, 5.74) is 0.484. The standard InChI is InChI=1S/C16H22N4O4S/c1-20(25(2,22)23)11-15(21)19-13-4-6-14(7-5-13)24-16-8-3-12(9-17)10-18-16/h3,8,10,13-14H,4-7,11H2,1-2H3,(H,19,21). The van der Waals surface area contributed by atoms with Crippen LogP contribution < -0.4 is 10.1 Å². The summed E-state index contributed by atoms with van der Waals surface area (Å²) in [5.74, 6) is 0.187. The number of nitrogens with zero attached hydrogens (tertiary/aromatic N) is 3. The number of likely N-dealkylation sites (N-methyl/N-ethyl adjacent to an activating group) is 1. The van der Waals surface area contributed by atoms with Gasteiger partial charge in [0.2, 0.25) is 21.8 Å². The molecule has 0 bridgehead atoms. The van der Waals surface area contributed by atoms with E-state index < -0.39 is 10.0 Å². The lowest BCUT2D eigenvalue weighted by atomic mass is 9.93. The molecule has 9 heteroatoms. The SMILES string of the molecule is CN(CC(=O)NC1CCC(Oc2ccc(C#N)cn2)CC1)S(C)(=O)=O. The van der Waals surface area contributed by atoms with Crippen LogP contribution in [-0.4, -0.2) is 55.6 Å². The van der Waals surface area contributed by atoms with Crippen LogP contribution in [-0.2, 0) is 14.8 Å². The summed E-state index contributed by atoms with van der Waals surface area (Å²) < 4.78 is 29.5. The maximum atomic E-state index is 11.9. The number of pyridine rings is 1. The van der Waals surface area contributed by atoms with Crippen LogP contribution in [0.1, 0.15) is 31.2 Å². The molecule has 1 aliphatic carbocycles. The molecule has 1 aliphatic rings. The first kappa shape index (κ1) is 19.1. The van der Waals surface area contributed by atoms with Gasteiger partial charge < -0.3 is 10.1 Å². The second-order valence-corrected chi connectivity index (χ2v) is 8.26. The number of carbonyl (C=O) groups excluding carboxylic acids is 1. The number of ether oxygens (including phenoxy) is 1. The lowest BCUT2D eigenvalue weighted by molar-refractivity contribution is -0.122. The molecular weight excluding hydrogens is 344 g/mol. The zero-order valence-corrected chi connectivity index (χ0v) is 15.1. The van der Waals surface area contributed by atoms with E-state index in [0.717, 1.165) is 36.2 Å². The quantitative estimate of drug-likeness (QED) is 0.791. The molecule has 136 valence electrons. The van der Waals surface area contributed by atoms with Gasteiger partial charge in [0.25, 0.3) is 0 Å². The molecule has 1 amide bonds. The lowest BCUT2D eigenvalue weighted by Gasteiger charge is -2.29. The van der Waals surface area contributed by atoms with Gasteiger partial charge in [-0.3, -0.25) is 4.79 Å². The van der Waals surface area contributed by atoms with Crippen molar-refractivity contribution in [2.24, 2.45) is 0 Å². The van der Waals surface area contributed by atoms with Gasteiger partial charge in [0.1, 0.15) is 12.2 Å². The van der Waals surface area contributed by atoms with Crippen LogP contribution in [0.2, 0.25) is 0 Å². The molecule has 0 unspecified atom stereocenters. The summed E-state index contributed by atoms with van der Waals surface area (Å²) in [6.07, 6.45) is 5.62. The summed E-state index contributed by atoms with van der Waals surface area (Å²) in [6, 6.07) is 5.36. The van der Waals surface area contributed by atoms with E-state index in [-0.39, 0.29) is 24.6 Å². The van der Waals surface area contributed by atoms with Crippen LogP contribution in [0.5, 0.6) is 5.88 Å². The van der Waals surface area contributed by atoms with E-state index in [9.17, 15) is 13.2 Å². The van der Waals surface area contributed by atoms with Crippen LogP contribution >= 0.6 is 0 Å². The van der Waals surface area contributed by atoms with Gasteiger partial charge in [-0.2, -0.15) is 9.57 Å². The molecule has 1 aromatic rings. The van der Waals surface area contributed by atoms with E-state index in [4.69, 9.17) is 10.00 Å². The van der Waals surface area contributed by atoms with Crippen molar-refractivity contribution in [1.29, 1.82) is 5.26 Å². The predicted molar refractivity (Wildman–Crippen MR) is 91.2 cm³/mol. The van der Waals surface area contributed by atoms with Crippen molar-refractivity contribution < 1.29 is 17.9 Å². The molecule has 1 N–H and O–H groups in total. The fourth-order valence-electron chi connectivity index (χ4n) is 2.60. The number of carbonyl (C=O) groups is 1. The number of rotatable bonds is 6. The van der Waals surface area contributed by atoms with Gasteiger partial charge in [0.15, 0.2) is 0 Å². The number of aromatic nitrogens is 1.